The summed E-state index contributed by atoms with van der Waals surface area (Å²) >= 11 is 0. The van der Waals surface area contributed by atoms with Gasteiger partial charge in [-0.05, 0) is 36.6 Å². The molecular formula is C23H27NO6. The van der Waals surface area contributed by atoms with Gasteiger partial charge in [0.1, 0.15) is 12.4 Å². The molecule has 1 unspecified atom stereocenters. The van der Waals surface area contributed by atoms with Crippen molar-refractivity contribution in [2.75, 3.05) is 14.2 Å². The molecule has 160 valence electrons. The first-order valence-corrected chi connectivity index (χ1v) is 9.63. The van der Waals surface area contributed by atoms with E-state index in [2.05, 4.69) is 5.32 Å². The third-order valence-corrected chi connectivity index (χ3v) is 4.65. The molecule has 0 aliphatic carbocycles. The van der Waals surface area contributed by atoms with E-state index in [1.165, 1.54) is 7.11 Å². The van der Waals surface area contributed by atoms with E-state index in [1.54, 1.807) is 26.2 Å². The molecule has 1 amide bonds. The molecular weight excluding hydrogens is 386 g/mol. The molecule has 0 heterocycles. The molecule has 1 N–H and O–H groups in total. The summed E-state index contributed by atoms with van der Waals surface area (Å²) in [4.78, 5) is 36.7. The molecule has 2 rings (SSSR count). The summed E-state index contributed by atoms with van der Waals surface area (Å²) in [6, 6.07) is 15.7. The van der Waals surface area contributed by atoms with Crippen LogP contribution in [0.4, 0.5) is 4.79 Å². The van der Waals surface area contributed by atoms with E-state index in [-0.39, 0.29) is 18.8 Å². The van der Waals surface area contributed by atoms with Gasteiger partial charge in [0.15, 0.2) is 5.78 Å². The van der Waals surface area contributed by atoms with E-state index in [9.17, 15) is 14.4 Å². The zero-order valence-electron chi connectivity index (χ0n) is 17.4. The summed E-state index contributed by atoms with van der Waals surface area (Å²) in [5.74, 6) is -0.703. The van der Waals surface area contributed by atoms with Gasteiger partial charge in [-0.3, -0.25) is 9.59 Å². The molecule has 0 spiro atoms. The number of esters is 1. The van der Waals surface area contributed by atoms with E-state index in [1.807, 2.05) is 42.5 Å². The summed E-state index contributed by atoms with van der Waals surface area (Å²) < 4.78 is 15.1. The van der Waals surface area contributed by atoms with Gasteiger partial charge in [-0.1, -0.05) is 42.5 Å². The van der Waals surface area contributed by atoms with E-state index >= 15 is 0 Å². The number of nitrogens with one attached hydrogen (secondary N) is 1. The van der Waals surface area contributed by atoms with E-state index in [0.717, 1.165) is 11.1 Å². The summed E-state index contributed by atoms with van der Waals surface area (Å²) in [5.41, 5.74) is 1.72. The van der Waals surface area contributed by atoms with Crippen molar-refractivity contribution in [3.63, 3.8) is 0 Å². The van der Waals surface area contributed by atoms with Crippen LogP contribution in [0.25, 0.3) is 0 Å². The minimum absolute atomic E-state index is 0.0567. The first kappa shape index (κ1) is 22.9. The predicted molar refractivity (Wildman–Crippen MR) is 111 cm³/mol. The topological polar surface area (TPSA) is 90.9 Å². The standard InChI is InChI=1S/C23H27NO6/c1-16(24-23(27)30-15-18-7-5-4-6-8-18)21(25)14-19(22(26)29-3)13-17-9-11-20(28-2)12-10-17/h4-12,16,19H,13-15H2,1-3H3,(H,24,27)/t16-,19?/m0/s1. The molecule has 0 aliphatic rings. The highest BCUT2D eigenvalue weighted by molar-refractivity contribution is 5.90. The van der Waals surface area contributed by atoms with Crippen molar-refractivity contribution in [1.29, 1.82) is 0 Å². The predicted octanol–water partition coefficient (Wildman–Crippen LogP) is 3.30. The van der Waals surface area contributed by atoms with Crippen LogP contribution in [-0.4, -0.2) is 38.1 Å². The number of methoxy groups -OCH3 is 2. The van der Waals surface area contributed by atoms with Crippen LogP contribution in [0.15, 0.2) is 54.6 Å². The molecule has 0 aliphatic heterocycles. The average Bonchev–Trinajstić information content (AvgIpc) is 2.77. The summed E-state index contributed by atoms with van der Waals surface area (Å²) in [6.45, 7) is 1.67. The quantitative estimate of drug-likeness (QED) is 0.601. The number of ether oxygens (including phenoxy) is 3. The number of ketones is 1. The summed E-state index contributed by atoms with van der Waals surface area (Å²) in [7, 11) is 2.86. The highest BCUT2D eigenvalue weighted by Crippen LogP contribution is 2.18. The van der Waals surface area contributed by atoms with Crippen molar-refractivity contribution in [3.05, 3.63) is 65.7 Å². The van der Waals surface area contributed by atoms with Crippen molar-refractivity contribution in [1.82, 2.24) is 5.32 Å². The fourth-order valence-electron chi connectivity index (χ4n) is 2.89. The maximum Gasteiger partial charge on any atom is 0.408 e. The van der Waals surface area contributed by atoms with Gasteiger partial charge in [-0.25, -0.2) is 4.79 Å². The SMILES string of the molecule is COC(=O)C(CC(=O)[C@H](C)NC(=O)OCc1ccccc1)Cc1ccc(OC)cc1. The van der Waals surface area contributed by atoms with Gasteiger partial charge in [0.2, 0.25) is 0 Å². The second-order valence-corrected chi connectivity index (χ2v) is 6.87. The van der Waals surface area contributed by atoms with Crippen LogP contribution in [0.3, 0.4) is 0 Å². The highest BCUT2D eigenvalue weighted by atomic mass is 16.5. The molecule has 0 bridgehead atoms. The third kappa shape index (κ3) is 7.24. The normalized spacial score (nSPS) is 12.4. The number of Topliss-reactive ketones (excluding diaryl/α,β-unsaturated/α-hetero) is 1. The molecule has 0 saturated carbocycles. The van der Waals surface area contributed by atoms with Gasteiger partial charge in [-0.15, -0.1) is 0 Å². The number of rotatable bonds is 10. The third-order valence-electron chi connectivity index (χ3n) is 4.65. The molecule has 2 aromatic carbocycles. The van der Waals surface area contributed by atoms with Gasteiger partial charge in [0, 0.05) is 6.42 Å². The molecule has 7 nitrogen and oxygen atoms in total. The number of hydrogen-bond donors (Lipinski definition) is 1. The Bertz CT molecular complexity index is 835. The lowest BCUT2D eigenvalue weighted by atomic mass is 9.92. The van der Waals surface area contributed by atoms with Crippen molar-refractivity contribution in [2.45, 2.75) is 32.4 Å². The Hall–Kier alpha value is -3.35. The van der Waals surface area contributed by atoms with Crippen LogP contribution in [0.5, 0.6) is 5.75 Å². The van der Waals surface area contributed by atoms with Crippen molar-refractivity contribution < 1.29 is 28.6 Å². The van der Waals surface area contributed by atoms with Crippen LogP contribution in [0.1, 0.15) is 24.5 Å². The van der Waals surface area contributed by atoms with E-state index < -0.39 is 24.0 Å². The number of alkyl carbamates (subject to hydrolysis) is 1. The Balaban J connectivity index is 1.89. The molecule has 2 atom stereocenters. The zero-order valence-corrected chi connectivity index (χ0v) is 17.4. The lowest BCUT2D eigenvalue weighted by Gasteiger charge is -2.18. The Morgan fingerprint density at radius 3 is 2.20 bits per heavy atom. The van der Waals surface area contributed by atoms with Gasteiger partial charge in [0.25, 0.3) is 0 Å². The van der Waals surface area contributed by atoms with Crippen LogP contribution >= 0.6 is 0 Å². The first-order chi connectivity index (χ1) is 14.4. The molecule has 2 aromatic rings. The molecule has 7 heteroatoms. The van der Waals surface area contributed by atoms with E-state index in [0.29, 0.717) is 12.2 Å². The van der Waals surface area contributed by atoms with Gasteiger partial charge >= 0.3 is 12.1 Å². The Morgan fingerprint density at radius 1 is 0.933 bits per heavy atom. The number of carbonyl (C=O) groups excluding carboxylic acids is 3. The molecule has 30 heavy (non-hydrogen) atoms. The van der Waals surface area contributed by atoms with Crippen molar-refractivity contribution >= 4 is 17.8 Å². The monoisotopic (exact) mass is 413 g/mol. The lowest BCUT2D eigenvalue weighted by Crippen LogP contribution is -2.40. The Morgan fingerprint density at radius 2 is 1.60 bits per heavy atom. The largest absolute Gasteiger partial charge is 0.497 e. The molecule has 0 saturated heterocycles. The van der Waals surface area contributed by atoms with Crippen LogP contribution in [0, 0.1) is 5.92 Å². The number of carbonyl (C=O) groups is 3. The second-order valence-electron chi connectivity index (χ2n) is 6.87. The zero-order chi connectivity index (χ0) is 21.9. The molecule has 0 aromatic heterocycles. The maximum absolute atomic E-state index is 12.6. The average molecular weight is 413 g/mol. The fourth-order valence-corrected chi connectivity index (χ4v) is 2.89. The minimum Gasteiger partial charge on any atom is -0.497 e. The molecule has 0 fully saturated rings. The number of amides is 1. The van der Waals surface area contributed by atoms with E-state index in [4.69, 9.17) is 14.2 Å². The maximum atomic E-state index is 12.6. The second kappa shape index (κ2) is 11.6. The minimum atomic E-state index is -0.795. The van der Waals surface area contributed by atoms with Crippen molar-refractivity contribution in [3.8, 4) is 5.75 Å². The first-order valence-electron chi connectivity index (χ1n) is 9.63. The Kier molecular flexibility index (Phi) is 8.87. The number of benzene rings is 2. The van der Waals surface area contributed by atoms with Crippen LogP contribution in [0.2, 0.25) is 0 Å². The Labute approximate surface area is 176 Å². The number of hydrogen-bond acceptors (Lipinski definition) is 6. The van der Waals surface area contributed by atoms with Gasteiger partial charge < -0.3 is 19.5 Å². The van der Waals surface area contributed by atoms with Gasteiger partial charge in [0.05, 0.1) is 26.2 Å². The fraction of sp³-hybridized carbons (Fsp3) is 0.348. The molecule has 0 radical (unpaired) electrons. The lowest BCUT2D eigenvalue weighted by molar-refractivity contribution is -0.147. The van der Waals surface area contributed by atoms with Crippen molar-refractivity contribution in [2.24, 2.45) is 5.92 Å². The van der Waals surface area contributed by atoms with Crippen LogP contribution < -0.4 is 10.1 Å². The smallest absolute Gasteiger partial charge is 0.408 e. The highest BCUT2D eigenvalue weighted by Gasteiger charge is 2.26. The van der Waals surface area contributed by atoms with Crippen LogP contribution in [-0.2, 0) is 32.1 Å². The summed E-state index contributed by atoms with van der Waals surface area (Å²) in [5, 5.41) is 2.51. The van der Waals surface area contributed by atoms with Gasteiger partial charge in [-0.2, -0.15) is 0 Å². The summed E-state index contributed by atoms with van der Waals surface area (Å²) in [6.07, 6.45) is -0.406.